The Morgan fingerprint density at radius 3 is 1.51 bits per heavy atom. The minimum absolute atomic E-state index is 0. The highest BCUT2D eigenvalue weighted by Crippen LogP contribution is 2.37. The maximum Gasteiger partial charge on any atom is 0.146 e. The van der Waals surface area contributed by atoms with E-state index in [2.05, 4.69) is 85.2 Å². The molecule has 272 valence electrons. The lowest BCUT2D eigenvalue weighted by molar-refractivity contribution is -0.302. The number of ether oxygens (including phenoxy) is 2. The Morgan fingerprint density at radius 2 is 1.08 bits per heavy atom. The summed E-state index contributed by atoms with van der Waals surface area (Å²) >= 11 is 0. The number of carboxylic acid groups (broad SMARTS) is 1. The number of carbonyl (C=O) groups excluding carboxylic acids is 1. The minimum Gasteiger partial charge on any atom is -0.846 e. The lowest BCUT2D eigenvalue weighted by Gasteiger charge is -2.23. The number of quaternary nitrogens is 2. The summed E-state index contributed by atoms with van der Waals surface area (Å²) in [7, 11) is 15.6. The van der Waals surface area contributed by atoms with Crippen LogP contribution >= 0.6 is 12.4 Å². The molecule has 4 aromatic carbocycles. The fraction of sp³-hybridized carbons (Fsp3) is 0.297. The predicted octanol–water partition coefficient (Wildman–Crippen LogP) is 7.18. The van der Waals surface area contributed by atoms with Crippen LogP contribution in [0, 0.1) is 13.8 Å². The second-order valence-electron chi connectivity index (χ2n) is 13.1. The van der Waals surface area contributed by atoms with Crippen LogP contribution in [0.15, 0.2) is 98.2 Å². The first-order valence-corrected chi connectivity index (χ1v) is 15.7. The highest BCUT2D eigenvalue weighted by molar-refractivity contribution is 5.91. The van der Waals surface area contributed by atoms with E-state index in [9.17, 15) is 5.11 Å². The van der Waals surface area contributed by atoms with E-state index < -0.39 is 12.0 Å². The van der Waals surface area contributed by atoms with E-state index in [1.54, 1.807) is 24.3 Å². The third-order valence-corrected chi connectivity index (χ3v) is 7.23. The Balaban J connectivity index is 0.00000171. The number of benzene rings is 4. The zero-order valence-electron chi connectivity index (χ0n) is 31.0. The van der Waals surface area contributed by atoms with Gasteiger partial charge in [0.05, 0.1) is 91.0 Å². The number of halogens is 1. The van der Waals surface area contributed by atoms with Gasteiger partial charge in [-0.05, 0) is 68.3 Å². The largest absolute Gasteiger partial charge is 0.846 e. The zero-order valence-corrected chi connectivity index (χ0v) is 31.8. The molecule has 51 heavy (non-hydrogen) atoms. The average molecular weight is 719 g/mol. The second kappa shape index (κ2) is 18.0. The molecule has 0 bridgehead atoms. The first-order valence-electron chi connectivity index (χ1n) is 15.7. The molecule has 0 spiro atoms. The van der Waals surface area contributed by atoms with Gasteiger partial charge >= 0.3 is 0 Å². The SMILES string of the molecule is CC(=O)[O-].COc1cc(N=Nc2cccc([N+](C)(C)C)c2)c(C)cc1N=C([O-])Nc1cc(C)c(N=Nc2cccc([N+](C)(C)C)c2)cc1OC.Cl. The number of carbonyl (C=O) groups is 1. The third kappa shape index (κ3) is 12.5. The molecule has 0 atom stereocenters. The Bertz CT molecular complexity index is 1910. The molecule has 4 rings (SSSR count). The van der Waals surface area contributed by atoms with Gasteiger partial charge in [0.1, 0.15) is 28.6 Å². The predicted molar refractivity (Wildman–Crippen MR) is 204 cm³/mol. The van der Waals surface area contributed by atoms with Crippen molar-refractivity contribution in [1.82, 2.24) is 8.97 Å². The number of amidine groups is 1. The van der Waals surface area contributed by atoms with E-state index in [1.165, 1.54) is 14.2 Å². The number of aryl methyl sites for hydroxylation is 2. The third-order valence-electron chi connectivity index (χ3n) is 7.23. The Morgan fingerprint density at radius 1 is 0.647 bits per heavy atom. The molecular weight excluding hydrogens is 672 g/mol. The number of hydrogen-bond acceptors (Lipinski definition) is 10. The maximum atomic E-state index is 13.1. The van der Waals surface area contributed by atoms with Gasteiger partial charge in [-0.15, -0.1) is 12.4 Å². The van der Waals surface area contributed by atoms with Crippen LogP contribution < -0.4 is 34.0 Å². The standard InChI is InChI=1S/C35H43N8O3.C2H4O2.ClH/c1-23-17-31(33(45-9)21-29(23)40-38-25-13-11-15-27(19-25)42(3,4)5)36-35(44)37-32-18-24(2)30(22-34(32)46-10)41-39-26-14-12-16-28(20-26)43(6,7)8;1-2(3)4;/h11-22H,1-10H3,(H-,36,37,38,39,44);1H3,(H,3,4);1H/q+1;;/p-1. The van der Waals surface area contributed by atoms with Crippen LogP contribution in [0.1, 0.15) is 18.1 Å². The second-order valence-corrected chi connectivity index (χ2v) is 13.1. The van der Waals surface area contributed by atoms with Crippen molar-refractivity contribution >= 4 is 69.9 Å². The smallest absolute Gasteiger partial charge is 0.146 e. The van der Waals surface area contributed by atoms with E-state index in [0.717, 1.165) is 40.8 Å². The molecule has 0 heterocycles. The van der Waals surface area contributed by atoms with Gasteiger partial charge in [-0.3, -0.25) is 8.97 Å². The van der Waals surface area contributed by atoms with Gasteiger partial charge in [0.2, 0.25) is 0 Å². The maximum absolute atomic E-state index is 13.1. The molecule has 0 aliphatic carbocycles. The number of azo groups is 2. The van der Waals surface area contributed by atoms with E-state index >= 15 is 0 Å². The van der Waals surface area contributed by atoms with Crippen molar-refractivity contribution in [2.45, 2.75) is 20.8 Å². The summed E-state index contributed by atoms with van der Waals surface area (Å²) in [5.74, 6) is -0.264. The van der Waals surface area contributed by atoms with Crippen molar-refractivity contribution in [3.8, 4) is 11.5 Å². The van der Waals surface area contributed by atoms with Crippen LogP contribution in [-0.4, -0.2) is 68.5 Å². The number of nitrogens with one attached hydrogen (secondary N) is 1. The highest BCUT2D eigenvalue weighted by Gasteiger charge is 2.14. The van der Waals surface area contributed by atoms with Gasteiger partial charge in [-0.1, -0.05) is 12.1 Å². The first-order chi connectivity index (χ1) is 23.4. The van der Waals surface area contributed by atoms with Crippen LogP contribution in [0.2, 0.25) is 0 Å². The molecule has 4 aromatic rings. The lowest BCUT2D eigenvalue weighted by atomic mass is 10.1. The molecule has 1 N–H and O–H groups in total. The minimum atomic E-state index is -1.08. The fourth-order valence-electron chi connectivity index (χ4n) is 4.49. The van der Waals surface area contributed by atoms with Crippen LogP contribution in [0.25, 0.3) is 0 Å². The lowest BCUT2D eigenvalue weighted by Crippen LogP contribution is -2.34. The molecule has 0 saturated carbocycles. The Labute approximate surface area is 306 Å². The fourth-order valence-corrected chi connectivity index (χ4v) is 4.49. The quantitative estimate of drug-likeness (QED) is 0.0792. The molecule has 0 unspecified atom stereocenters. The van der Waals surface area contributed by atoms with Crippen LogP contribution in [0.5, 0.6) is 11.5 Å². The van der Waals surface area contributed by atoms with Gasteiger partial charge in [0, 0.05) is 30.2 Å². The number of carboxylic acids is 1. The normalized spacial score (nSPS) is 11.9. The molecule has 0 aromatic heterocycles. The number of aliphatic imine (C=N–C) groups is 1. The average Bonchev–Trinajstić information content (AvgIpc) is 3.03. The molecule has 0 aliphatic heterocycles. The first kappa shape index (κ1) is 41.8. The Kier molecular flexibility index (Phi) is 14.8. The van der Waals surface area contributed by atoms with Crippen molar-refractivity contribution in [3.05, 3.63) is 83.9 Å². The van der Waals surface area contributed by atoms with E-state index in [1.807, 2.05) is 50.2 Å². The summed E-state index contributed by atoms with van der Waals surface area (Å²) in [6, 6.07) is 22.2. The Hall–Kier alpha value is -5.37. The monoisotopic (exact) mass is 718 g/mol. The number of anilines is 1. The van der Waals surface area contributed by atoms with E-state index in [-0.39, 0.29) is 12.4 Å². The van der Waals surface area contributed by atoms with Crippen LogP contribution in [0.4, 0.5) is 45.5 Å². The van der Waals surface area contributed by atoms with Crippen molar-refractivity contribution < 1.29 is 24.5 Å². The van der Waals surface area contributed by atoms with Gasteiger partial charge in [-0.2, -0.15) is 20.5 Å². The van der Waals surface area contributed by atoms with E-state index in [0.29, 0.717) is 43.2 Å². The van der Waals surface area contributed by atoms with Crippen LogP contribution in [-0.2, 0) is 4.79 Å². The number of methoxy groups -OCH3 is 2. The number of nitrogens with zero attached hydrogens (tertiary/aromatic N) is 7. The number of rotatable bonds is 10. The summed E-state index contributed by atoms with van der Waals surface area (Å²) in [5.41, 5.74) is 7.34. The topological polar surface area (TPSA) is 155 Å². The van der Waals surface area contributed by atoms with Crippen LogP contribution in [0.3, 0.4) is 0 Å². The van der Waals surface area contributed by atoms with Gasteiger partial charge in [0.15, 0.2) is 0 Å². The van der Waals surface area contributed by atoms with Crippen molar-refractivity contribution in [2.75, 3.05) is 61.8 Å². The molecule has 13 nitrogen and oxygen atoms in total. The summed E-state index contributed by atoms with van der Waals surface area (Å²) in [4.78, 5) is 13.2. The van der Waals surface area contributed by atoms with Crippen molar-refractivity contribution in [1.29, 1.82) is 0 Å². The molecule has 0 amide bonds. The number of aliphatic carboxylic acids is 1. The molecule has 0 fully saturated rings. The molecular formula is C37H47ClN8O5. The molecule has 0 radical (unpaired) electrons. The van der Waals surface area contributed by atoms with E-state index in [4.69, 9.17) is 19.4 Å². The summed E-state index contributed by atoms with van der Waals surface area (Å²) in [6.45, 7) is 4.74. The highest BCUT2D eigenvalue weighted by atomic mass is 35.5. The van der Waals surface area contributed by atoms with Gasteiger partial charge in [-0.25, -0.2) is 4.99 Å². The molecule has 14 heteroatoms. The van der Waals surface area contributed by atoms with Crippen molar-refractivity contribution in [2.24, 2.45) is 25.4 Å². The molecule has 0 saturated heterocycles. The summed E-state index contributed by atoms with van der Waals surface area (Å²) < 4.78 is 12.5. The zero-order chi connectivity index (χ0) is 37.2. The number of hydrogen-bond donors (Lipinski definition) is 1. The summed E-state index contributed by atoms with van der Waals surface area (Å²) in [6.07, 6.45) is 0. The summed E-state index contributed by atoms with van der Waals surface area (Å²) in [5, 5.41) is 42.6. The van der Waals surface area contributed by atoms with Gasteiger partial charge < -0.3 is 29.8 Å². The van der Waals surface area contributed by atoms with Crippen molar-refractivity contribution in [3.63, 3.8) is 0 Å². The molecule has 0 aliphatic rings. The van der Waals surface area contributed by atoms with Gasteiger partial charge in [0.25, 0.3) is 0 Å².